The molecule has 0 bridgehead atoms. The first-order valence-corrected chi connectivity index (χ1v) is 5.53. The lowest BCUT2D eigenvalue weighted by Gasteiger charge is -2.41. The topological polar surface area (TPSA) is 40.7 Å². The van der Waals surface area contributed by atoms with Gasteiger partial charge >= 0.3 is 0 Å². The van der Waals surface area contributed by atoms with Gasteiger partial charge in [0.2, 0.25) is 0 Å². The number of aromatic amines is 1. The van der Waals surface area contributed by atoms with Gasteiger partial charge in [0.25, 0.3) is 0 Å². The van der Waals surface area contributed by atoms with Crippen molar-refractivity contribution in [3.63, 3.8) is 0 Å². The van der Waals surface area contributed by atoms with Crippen LogP contribution in [0.3, 0.4) is 0 Å². The highest BCUT2D eigenvalue weighted by molar-refractivity contribution is 4.95. The molecule has 3 nitrogen and oxygen atoms in total. The van der Waals surface area contributed by atoms with Gasteiger partial charge in [-0.1, -0.05) is 13.3 Å². The second kappa shape index (κ2) is 4.13. The van der Waals surface area contributed by atoms with Crippen molar-refractivity contribution in [1.82, 2.24) is 15.3 Å². The number of imidazole rings is 1. The van der Waals surface area contributed by atoms with Crippen molar-refractivity contribution in [1.29, 1.82) is 0 Å². The molecular weight excluding hydrogens is 174 g/mol. The fourth-order valence-corrected chi connectivity index (χ4v) is 2.18. The zero-order chi connectivity index (χ0) is 9.86. The van der Waals surface area contributed by atoms with Crippen LogP contribution in [0.15, 0.2) is 12.5 Å². The van der Waals surface area contributed by atoms with Crippen molar-refractivity contribution >= 4 is 0 Å². The van der Waals surface area contributed by atoms with Gasteiger partial charge in [0, 0.05) is 25.0 Å². The van der Waals surface area contributed by atoms with Gasteiger partial charge in [0.05, 0.1) is 6.33 Å². The first-order chi connectivity index (χ1) is 6.85. The van der Waals surface area contributed by atoms with Gasteiger partial charge in [-0.3, -0.25) is 0 Å². The summed E-state index contributed by atoms with van der Waals surface area (Å²) in [7, 11) is 0. The Labute approximate surface area is 85.3 Å². The number of nitrogens with zero attached hydrogens (tertiary/aromatic N) is 1. The second-order valence-electron chi connectivity index (χ2n) is 4.39. The van der Waals surface area contributed by atoms with E-state index in [9.17, 15) is 0 Å². The molecule has 1 aliphatic rings. The van der Waals surface area contributed by atoms with Gasteiger partial charge in [-0.25, -0.2) is 4.98 Å². The van der Waals surface area contributed by atoms with Gasteiger partial charge in [-0.2, -0.15) is 0 Å². The van der Waals surface area contributed by atoms with E-state index in [1.54, 1.807) is 6.33 Å². The zero-order valence-electron chi connectivity index (χ0n) is 8.84. The predicted molar refractivity (Wildman–Crippen MR) is 56.9 cm³/mol. The van der Waals surface area contributed by atoms with E-state index in [-0.39, 0.29) is 0 Å². The first-order valence-electron chi connectivity index (χ1n) is 5.53. The third-order valence-corrected chi connectivity index (χ3v) is 3.53. The summed E-state index contributed by atoms with van der Waals surface area (Å²) >= 11 is 0. The monoisotopic (exact) mass is 193 g/mol. The predicted octanol–water partition coefficient (Wildman–Crippen LogP) is 2.08. The molecule has 2 N–H and O–H groups in total. The van der Waals surface area contributed by atoms with Crippen LogP contribution in [0, 0.1) is 5.41 Å². The lowest BCUT2D eigenvalue weighted by Crippen LogP contribution is -2.39. The van der Waals surface area contributed by atoms with Crippen LogP contribution in [-0.2, 0) is 6.54 Å². The Balaban J connectivity index is 1.72. The Kier molecular flexibility index (Phi) is 2.87. The van der Waals surface area contributed by atoms with Gasteiger partial charge in [-0.05, 0) is 24.7 Å². The van der Waals surface area contributed by atoms with Crippen molar-refractivity contribution in [2.75, 3.05) is 6.54 Å². The third-order valence-electron chi connectivity index (χ3n) is 3.53. The zero-order valence-corrected chi connectivity index (χ0v) is 8.84. The van der Waals surface area contributed by atoms with Gasteiger partial charge in [0.15, 0.2) is 0 Å². The van der Waals surface area contributed by atoms with E-state index in [2.05, 4.69) is 22.2 Å². The molecule has 0 unspecified atom stereocenters. The molecule has 0 saturated heterocycles. The largest absolute Gasteiger partial charge is 0.347 e. The molecule has 0 aromatic carbocycles. The highest BCUT2D eigenvalue weighted by atomic mass is 14.9. The lowest BCUT2D eigenvalue weighted by atomic mass is 9.67. The minimum Gasteiger partial charge on any atom is -0.347 e. The van der Waals surface area contributed by atoms with E-state index in [1.807, 2.05) is 6.20 Å². The van der Waals surface area contributed by atoms with Crippen LogP contribution in [0.5, 0.6) is 0 Å². The van der Waals surface area contributed by atoms with E-state index in [1.165, 1.54) is 31.4 Å². The molecule has 78 valence electrons. The average molecular weight is 193 g/mol. The SMILES string of the molecule is CCC1(CNCc2cnc[nH]2)CCC1. The Morgan fingerprint density at radius 3 is 2.93 bits per heavy atom. The fourth-order valence-electron chi connectivity index (χ4n) is 2.18. The molecule has 1 aromatic rings. The fraction of sp³-hybridized carbons (Fsp3) is 0.727. The normalized spacial score (nSPS) is 19.2. The maximum Gasteiger partial charge on any atom is 0.0922 e. The molecule has 2 rings (SSSR count). The molecule has 1 aliphatic carbocycles. The van der Waals surface area contributed by atoms with Crippen LogP contribution in [-0.4, -0.2) is 16.5 Å². The Morgan fingerprint density at radius 1 is 1.57 bits per heavy atom. The highest BCUT2D eigenvalue weighted by Crippen LogP contribution is 2.42. The van der Waals surface area contributed by atoms with Crippen LogP contribution in [0.1, 0.15) is 38.3 Å². The molecular formula is C11H19N3. The maximum absolute atomic E-state index is 4.00. The van der Waals surface area contributed by atoms with Crippen LogP contribution in [0.25, 0.3) is 0 Å². The molecule has 1 heterocycles. The van der Waals surface area contributed by atoms with Crippen LogP contribution in [0.2, 0.25) is 0 Å². The number of hydrogen-bond acceptors (Lipinski definition) is 2. The van der Waals surface area contributed by atoms with Crippen molar-refractivity contribution in [3.05, 3.63) is 18.2 Å². The molecule has 3 heteroatoms. The highest BCUT2D eigenvalue weighted by Gasteiger charge is 2.34. The van der Waals surface area contributed by atoms with Gasteiger partial charge in [-0.15, -0.1) is 0 Å². The average Bonchev–Trinajstić information content (AvgIpc) is 2.62. The summed E-state index contributed by atoms with van der Waals surface area (Å²) in [6.45, 7) is 4.38. The molecule has 0 spiro atoms. The number of H-pyrrole nitrogens is 1. The van der Waals surface area contributed by atoms with Crippen molar-refractivity contribution in [3.8, 4) is 0 Å². The number of rotatable bonds is 5. The van der Waals surface area contributed by atoms with Crippen LogP contribution < -0.4 is 5.32 Å². The maximum atomic E-state index is 4.00. The quantitative estimate of drug-likeness (QED) is 0.751. The summed E-state index contributed by atoms with van der Waals surface area (Å²) in [6, 6.07) is 0. The number of nitrogens with one attached hydrogen (secondary N) is 2. The van der Waals surface area contributed by atoms with E-state index in [0.717, 1.165) is 13.1 Å². The second-order valence-corrected chi connectivity index (χ2v) is 4.39. The van der Waals surface area contributed by atoms with Crippen LogP contribution >= 0.6 is 0 Å². The molecule has 14 heavy (non-hydrogen) atoms. The molecule has 1 saturated carbocycles. The molecule has 0 aliphatic heterocycles. The number of aromatic nitrogens is 2. The summed E-state index contributed by atoms with van der Waals surface area (Å²) in [5, 5.41) is 3.51. The third kappa shape index (κ3) is 1.98. The van der Waals surface area contributed by atoms with Crippen LogP contribution in [0.4, 0.5) is 0 Å². The molecule has 1 aromatic heterocycles. The van der Waals surface area contributed by atoms with Crippen molar-refractivity contribution < 1.29 is 0 Å². The molecule has 0 atom stereocenters. The first kappa shape index (κ1) is 9.71. The van der Waals surface area contributed by atoms with Crippen molar-refractivity contribution in [2.24, 2.45) is 5.41 Å². The standard InChI is InChI=1S/C11H19N3/c1-2-11(4-3-5-11)8-12-6-10-7-13-9-14-10/h7,9,12H,2-6,8H2,1H3,(H,13,14). The molecule has 1 fully saturated rings. The Hall–Kier alpha value is -0.830. The number of hydrogen-bond donors (Lipinski definition) is 2. The summed E-state index contributed by atoms with van der Waals surface area (Å²) in [4.78, 5) is 7.10. The van der Waals surface area contributed by atoms with E-state index >= 15 is 0 Å². The lowest BCUT2D eigenvalue weighted by molar-refractivity contribution is 0.123. The van der Waals surface area contributed by atoms with E-state index in [4.69, 9.17) is 0 Å². The summed E-state index contributed by atoms with van der Waals surface area (Å²) in [5.74, 6) is 0. The molecule has 0 amide bonds. The molecule has 0 radical (unpaired) electrons. The summed E-state index contributed by atoms with van der Waals surface area (Å²) in [6.07, 6.45) is 9.14. The minimum atomic E-state index is 0.611. The van der Waals surface area contributed by atoms with E-state index in [0.29, 0.717) is 5.41 Å². The summed E-state index contributed by atoms with van der Waals surface area (Å²) in [5.41, 5.74) is 1.79. The van der Waals surface area contributed by atoms with E-state index < -0.39 is 0 Å². The minimum absolute atomic E-state index is 0.611. The van der Waals surface area contributed by atoms with Crippen molar-refractivity contribution in [2.45, 2.75) is 39.2 Å². The Morgan fingerprint density at radius 2 is 2.43 bits per heavy atom. The van der Waals surface area contributed by atoms with Gasteiger partial charge < -0.3 is 10.3 Å². The smallest absolute Gasteiger partial charge is 0.0922 e. The summed E-state index contributed by atoms with van der Waals surface area (Å²) < 4.78 is 0. The van der Waals surface area contributed by atoms with Gasteiger partial charge in [0.1, 0.15) is 0 Å². The Bertz CT molecular complexity index is 257.